The van der Waals surface area contributed by atoms with Gasteiger partial charge in [-0.3, -0.25) is 14.4 Å². The molecule has 0 radical (unpaired) electrons. The lowest BCUT2D eigenvalue weighted by molar-refractivity contribution is -0.121. The number of carbonyl (C=O) groups is 3. The number of piperidine rings is 1. The molecule has 3 amide bonds. The Morgan fingerprint density at radius 3 is 2.62 bits per heavy atom. The molecule has 3 rings (SSSR count). The molecule has 1 aromatic rings. The van der Waals surface area contributed by atoms with Crippen LogP contribution in [-0.2, 0) is 9.59 Å². The first kappa shape index (κ1) is 21.4. The van der Waals surface area contributed by atoms with Crippen LogP contribution < -0.4 is 5.32 Å². The van der Waals surface area contributed by atoms with Crippen molar-refractivity contribution in [2.75, 3.05) is 31.5 Å². The molecule has 2 aliphatic rings. The van der Waals surface area contributed by atoms with Gasteiger partial charge in [0, 0.05) is 43.9 Å². The molecule has 8 heteroatoms. The van der Waals surface area contributed by atoms with E-state index in [4.69, 9.17) is 0 Å². The van der Waals surface area contributed by atoms with Crippen LogP contribution in [0.25, 0.3) is 0 Å². The molecule has 1 N–H and O–H groups in total. The highest BCUT2D eigenvalue weighted by atomic mass is 32.2. The van der Waals surface area contributed by atoms with Crippen molar-refractivity contribution < 1.29 is 14.4 Å². The lowest BCUT2D eigenvalue weighted by Gasteiger charge is -2.26. The van der Waals surface area contributed by atoms with Crippen LogP contribution in [0, 0.1) is 0 Å². The molecular weight excluding hydrogens is 388 g/mol. The second-order valence-corrected chi connectivity index (χ2v) is 8.37. The number of benzene rings is 1. The van der Waals surface area contributed by atoms with Crippen LogP contribution in [0.5, 0.6) is 0 Å². The van der Waals surface area contributed by atoms with Crippen LogP contribution in [0.15, 0.2) is 29.3 Å². The Hall–Kier alpha value is -2.35. The fraction of sp³-hybridized carbons (Fsp3) is 0.524. The fourth-order valence-corrected chi connectivity index (χ4v) is 4.72. The second kappa shape index (κ2) is 9.91. The highest BCUT2D eigenvalue weighted by Crippen LogP contribution is 2.27. The van der Waals surface area contributed by atoms with Crippen molar-refractivity contribution in [2.24, 2.45) is 4.99 Å². The number of rotatable bonds is 6. The van der Waals surface area contributed by atoms with E-state index in [0.717, 1.165) is 45.4 Å². The predicted octanol–water partition coefficient (Wildman–Crippen LogP) is 2.98. The molecule has 29 heavy (non-hydrogen) atoms. The molecule has 1 saturated heterocycles. The third-order valence-corrected chi connectivity index (χ3v) is 6.38. The molecule has 0 bridgehead atoms. The number of hydrogen-bond acceptors (Lipinski definition) is 5. The van der Waals surface area contributed by atoms with Gasteiger partial charge in [-0.15, -0.1) is 0 Å². The highest BCUT2D eigenvalue weighted by Gasteiger charge is 2.32. The third-order valence-electron chi connectivity index (χ3n) is 5.17. The van der Waals surface area contributed by atoms with Gasteiger partial charge >= 0.3 is 0 Å². The maximum atomic E-state index is 12.7. The van der Waals surface area contributed by atoms with Gasteiger partial charge in [-0.2, -0.15) is 4.99 Å². The van der Waals surface area contributed by atoms with Crippen molar-refractivity contribution in [3.05, 3.63) is 29.8 Å². The van der Waals surface area contributed by atoms with Crippen molar-refractivity contribution >= 4 is 40.3 Å². The zero-order chi connectivity index (χ0) is 20.8. The molecule has 2 aliphatic heterocycles. The first-order valence-corrected chi connectivity index (χ1v) is 11.1. The second-order valence-electron chi connectivity index (χ2n) is 7.20. The van der Waals surface area contributed by atoms with Crippen molar-refractivity contribution in [3.8, 4) is 0 Å². The summed E-state index contributed by atoms with van der Waals surface area (Å²) in [6.45, 7) is 7.12. The van der Waals surface area contributed by atoms with Gasteiger partial charge in [-0.1, -0.05) is 17.8 Å². The van der Waals surface area contributed by atoms with E-state index in [1.54, 1.807) is 24.3 Å². The Morgan fingerprint density at radius 1 is 1.21 bits per heavy atom. The molecule has 0 saturated carbocycles. The molecule has 0 spiro atoms. The third kappa shape index (κ3) is 5.38. The Bertz CT molecular complexity index is 801. The molecule has 2 heterocycles. The van der Waals surface area contributed by atoms with E-state index in [2.05, 4.69) is 10.3 Å². The molecule has 1 aromatic carbocycles. The van der Waals surface area contributed by atoms with Gasteiger partial charge in [-0.25, -0.2) is 0 Å². The zero-order valence-corrected chi connectivity index (χ0v) is 17.8. The highest BCUT2D eigenvalue weighted by molar-refractivity contribution is 8.15. The number of anilines is 1. The average molecular weight is 417 g/mol. The molecule has 1 atom stereocenters. The Kier molecular flexibility index (Phi) is 7.30. The van der Waals surface area contributed by atoms with E-state index < -0.39 is 5.25 Å². The zero-order valence-electron chi connectivity index (χ0n) is 17.0. The quantitative estimate of drug-likeness (QED) is 0.771. The largest absolute Gasteiger partial charge is 0.352 e. The molecule has 7 nitrogen and oxygen atoms in total. The number of nitrogens with one attached hydrogen (secondary N) is 1. The maximum absolute atomic E-state index is 12.7. The van der Waals surface area contributed by atoms with Gasteiger partial charge in [-0.05, 0) is 51.3 Å². The van der Waals surface area contributed by atoms with Crippen molar-refractivity contribution in [2.45, 2.75) is 44.8 Å². The standard InChI is InChI=1S/C21H28N4O3S/c1-3-24(4-2)21-23-19(27)17(29-21)14-18(26)22-16-10-8-9-15(13-16)20(28)25-11-6-5-7-12-25/h8-10,13,17H,3-7,11-12,14H2,1-2H3,(H,22,26)/t17-/m0/s1. The van der Waals surface area contributed by atoms with Crippen LogP contribution in [-0.4, -0.2) is 64.1 Å². The minimum absolute atomic E-state index is 0.000380. The van der Waals surface area contributed by atoms with Crippen LogP contribution >= 0.6 is 11.8 Å². The van der Waals surface area contributed by atoms with E-state index in [0.29, 0.717) is 16.4 Å². The lowest BCUT2D eigenvalue weighted by Crippen LogP contribution is -2.35. The lowest BCUT2D eigenvalue weighted by atomic mass is 10.1. The van der Waals surface area contributed by atoms with Gasteiger partial charge in [0.1, 0.15) is 5.25 Å². The number of amidine groups is 1. The first-order chi connectivity index (χ1) is 14.0. The Balaban J connectivity index is 1.57. The van der Waals surface area contributed by atoms with Crippen molar-refractivity contribution in [1.82, 2.24) is 9.80 Å². The van der Waals surface area contributed by atoms with Gasteiger partial charge in [0.15, 0.2) is 5.17 Å². The monoisotopic (exact) mass is 416 g/mol. The van der Waals surface area contributed by atoms with Crippen LogP contribution in [0.4, 0.5) is 5.69 Å². The summed E-state index contributed by atoms with van der Waals surface area (Å²) in [5.74, 6) is -0.518. The summed E-state index contributed by atoms with van der Waals surface area (Å²) in [5, 5.41) is 3.01. The topological polar surface area (TPSA) is 82.1 Å². The molecule has 156 valence electrons. The smallest absolute Gasteiger partial charge is 0.262 e. The summed E-state index contributed by atoms with van der Waals surface area (Å²) in [6.07, 6.45) is 3.29. The van der Waals surface area contributed by atoms with Crippen molar-refractivity contribution in [3.63, 3.8) is 0 Å². The number of thioether (sulfide) groups is 1. The van der Waals surface area contributed by atoms with E-state index in [9.17, 15) is 14.4 Å². The SMILES string of the molecule is CCN(CC)C1=NC(=O)[C@H](CC(=O)Nc2cccc(C(=O)N3CCCCC3)c2)S1. The maximum Gasteiger partial charge on any atom is 0.262 e. The normalized spacial score (nSPS) is 19.1. The Morgan fingerprint density at radius 2 is 1.93 bits per heavy atom. The van der Waals surface area contributed by atoms with Crippen molar-refractivity contribution in [1.29, 1.82) is 0 Å². The molecule has 1 fully saturated rings. The van der Waals surface area contributed by atoms with Crippen LogP contribution in [0.3, 0.4) is 0 Å². The van der Waals surface area contributed by atoms with E-state index in [-0.39, 0.29) is 24.1 Å². The summed E-state index contributed by atoms with van der Waals surface area (Å²) in [7, 11) is 0. The number of likely N-dealkylation sites (tertiary alicyclic amines) is 1. The predicted molar refractivity (Wildman–Crippen MR) is 116 cm³/mol. The van der Waals surface area contributed by atoms with E-state index in [1.165, 1.54) is 11.8 Å². The first-order valence-electron chi connectivity index (χ1n) is 10.2. The summed E-state index contributed by atoms with van der Waals surface area (Å²) >= 11 is 1.35. The molecular formula is C21H28N4O3S. The number of hydrogen-bond donors (Lipinski definition) is 1. The van der Waals surface area contributed by atoms with Gasteiger partial charge < -0.3 is 15.1 Å². The number of carbonyl (C=O) groups excluding carboxylic acids is 3. The average Bonchev–Trinajstić information content (AvgIpc) is 3.09. The number of nitrogens with zero attached hydrogens (tertiary/aromatic N) is 3. The van der Waals surface area contributed by atoms with Gasteiger partial charge in [0.2, 0.25) is 5.91 Å². The summed E-state index contributed by atoms with van der Waals surface area (Å²) in [4.78, 5) is 45.3. The number of amides is 3. The summed E-state index contributed by atoms with van der Waals surface area (Å²) in [6, 6.07) is 7.00. The Labute approximate surface area is 175 Å². The fourth-order valence-electron chi connectivity index (χ4n) is 3.53. The van der Waals surface area contributed by atoms with E-state index in [1.807, 2.05) is 23.6 Å². The minimum atomic E-state index is -0.497. The summed E-state index contributed by atoms with van der Waals surface area (Å²) in [5.41, 5.74) is 1.14. The minimum Gasteiger partial charge on any atom is -0.352 e. The molecule has 0 aliphatic carbocycles. The molecule has 0 aromatic heterocycles. The van der Waals surface area contributed by atoms with E-state index >= 15 is 0 Å². The van der Waals surface area contributed by atoms with Crippen LogP contribution in [0.2, 0.25) is 0 Å². The summed E-state index contributed by atoms with van der Waals surface area (Å²) < 4.78 is 0. The van der Waals surface area contributed by atoms with Gasteiger partial charge in [0.05, 0.1) is 0 Å². The molecule has 0 unspecified atom stereocenters. The van der Waals surface area contributed by atoms with Gasteiger partial charge in [0.25, 0.3) is 11.8 Å². The number of aliphatic imine (C=N–C) groups is 1. The van der Waals surface area contributed by atoms with Crippen LogP contribution in [0.1, 0.15) is 49.9 Å².